The van der Waals surface area contributed by atoms with Gasteiger partial charge in [0.2, 0.25) is 5.95 Å². The van der Waals surface area contributed by atoms with Crippen molar-refractivity contribution in [3.63, 3.8) is 0 Å². The van der Waals surface area contributed by atoms with Gasteiger partial charge in [-0.2, -0.15) is 0 Å². The molecule has 36 heavy (non-hydrogen) atoms. The van der Waals surface area contributed by atoms with Crippen molar-refractivity contribution >= 4 is 5.95 Å². The van der Waals surface area contributed by atoms with Crippen LogP contribution < -0.4 is 10.9 Å². The molecule has 180 valence electrons. The average Bonchev–Trinajstić information content (AvgIpc) is 3.45. The molecular formula is C29H26FN5O. The largest absolute Gasteiger partial charge is 0.361 e. The molecule has 0 aliphatic carbocycles. The van der Waals surface area contributed by atoms with Crippen LogP contribution in [-0.2, 0) is 13.5 Å². The summed E-state index contributed by atoms with van der Waals surface area (Å²) in [5, 5.41) is 3.34. The molecule has 2 aromatic carbocycles. The molecule has 6 nitrogen and oxygen atoms in total. The molecule has 0 spiro atoms. The first-order valence-corrected chi connectivity index (χ1v) is 11.8. The number of benzene rings is 2. The number of halogens is 1. The Morgan fingerprint density at radius 2 is 1.72 bits per heavy atom. The maximum Gasteiger partial charge on any atom is 0.263 e. The lowest BCUT2D eigenvalue weighted by atomic mass is 10.0. The summed E-state index contributed by atoms with van der Waals surface area (Å²) >= 11 is 0. The monoisotopic (exact) mass is 479 g/mol. The van der Waals surface area contributed by atoms with Crippen molar-refractivity contribution in [2.75, 3.05) is 11.9 Å². The first kappa shape index (κ1) is 23.2. The maximum absolute atomic E-state index is 13.6. The van der Waals surface area contributed by atoms with E-state index < -0.39 is 0 Å². The van der Waals surface area contributed by atoms with Crippen LogP contribution in [0.25, 0.3) is 33.6 Å². The zero-order chi connectivity index (χ0) is 24.9. The van der Waals surface area contributed by atoms with E-state index in [1.54, 1.807) is 31.6 Å². The van der Waals surface area contributed by atoms with Crippen molar-refractivity contribution in [2.24, 2.45) is 7.05 Å². The predicted octanol–water partition coefficient (Wildman–Crippen LogP) is 5.69. The Labute approximate surface area is 208 Å². The summed E-state index contributed by atoms with van der Waals surface area (Å²) in [4.78, 5) is 25.7. The van der Waals surface area contributed by atoms with Gasteiger partial charge in [-0.3, -0.25) is 14.3 Å². The van der Waals surface area contributed by atoms with Gasteiger partial charge in [-0.25, -0.2) is 9.37 Å². The number of aryl methyl sites for hydroxylation is 1. The number of rotatable bonds is 8. The molecule has 0 radical (unpaired) electrons. The molecule has 0 unspecified atom stereocenters. The molecule has 0 fully saturated rings. The Balaban J connectivity index is 1.41. The van der Waals surface area contributed by atoms with Crippen LogP contribution in [0.5, 0.6) is 0 Å². The van der Waals surface area contributed by atoms with E-state index >= 15 is 0 Å². The number of aromatic nitrogens is 4. The molecule has 0 bridgehead atoms. The summed E-state index contributed by atoms with van der Waals surface area (Å²) in [5.41, 5.74) is 5.68. The van der Waals surface area contributed by atoms with Gasteiger partial charge in [0.1, 0.15) is 5.82 Å². The number of H-pyrrole nitrogens is 1. The molecule has 5 aromatic rings. The summed E-state index contributed by atoms with van der Waals surface area (Å²) in [7, 11) is 1.70. The standard InChI is InChI=1S/C29H26FN5O/c1-35-28(36)26(21-10-12-23(30)13-11-21)27(22-14-18-31-19-15-22)34-29(35)33-17-4-7-20-6-2-3-8-24(20)25-9-5-16-32-25/h2-3,5-6,8-16,18-19,32H,4,7,17H2,1H3,(H,33,34). The second kappa shape index (κ2) is 10.4. The maximum atomic E-state index is 13.6. The Bertz CT molecular complexity index is 1510. The van der Waals surface area contributed by atoms with Crippen LogP contribution in [0.3, 0.4) is 0 Å². The number of hydrogen-bond acceptors (Lipinski definition) is 4. The van der Waals surface area contributed by atoms with E-state index in [9.17, 15) is 9.18 Å². The molecule has 3 heterocycles. The number of aromatic amines is 1. The number of pyridine rings is 1. The van der Waals surface area contributed by atoms with Crippen LogP contribution in [0.4, 0.5) is 10.3 Å². The average molecular weight is 480 g/mol. The second-order valence-electron chi connectivity index (χ2n) is 8.54. The minimum absolute atomic E-state index is 0.206. The fraction of sp³-hybridized carbons (Fsp3) is 0.138. The van der Waals surface area contributed by atoms with Crippen LogP contribution in [0.15, 0.2) is 96.2 Å². The van der Waals surface area contributed by atoms with Gasteiger partial charge in [0.15, 0.2) is 0 Å². The molecule has 0 aliphatic heterocycles. The van der Waals surface area contributed by atoms with Gasteiger partial charge in [-0.1, -0.05) is 36.4 Å². The van der Waals surface area contributed by atoms with Crippen molar-refractivity contribution in [1.82, 2.24) is 19.5 Å². The van der Waals surface area contributed by atoms with Crippen molar-refractivity contribution in [2.45, 2.75) is 12.8 Å². The topological polar surface area (TPSA) is 75.6 Å². The zero-order valence-corrected chi connectivity index (χ0v) is 19.9. The van der Waals surface area contributed by atoms with Gasteiger partial charge in [-0.05, 0) is 60.4 Å². The van der Waals surface area contributed by atoms with E-state index in [1.807, 2.05) is 30.5 Å². The highest BCUT2D eigenvalue weighted by molar-refractivity contribution is 5.80. The van der Waals surface area contributed by atoms with Crippen molar-refractivity contribution in [1.29, 1.82) is 0 Å². The molecule has 2 N–H and O–H groups in total. The summed E-state index contributed by atoms with van der Waals surface area (Å²) < 4.78 is 15.1. The Hall–Kier alpha value is -4.52. The highest BCUT2D eigenvalue weighted by Crippen LogP contribution is 2.29. The van der Waals surface area contributed by atoms with Crippen LogP contribution in [0.1, 0.15) is 12.0 Å². The van der Waals surface area contributed by atoms with Gasteiger partial charge >= 0.3 is 0 Å². The van der Waals surface area contributed by atoms with E-state index in [0.717, 1.165) is 24.1 Å². The molecule has 0 atom stereocenters. The number of nitrogens with one attached hydrogen (secondary N) is 2. The number of nitrogens with zero attached hydrogens (tertiary/aromatic N) is 3. The molecule has 5 rings (SSSR count). The van der Waals surface area contributed by atoms with E-state index in [-0.39, 0.29) is 11.4 Å². The van der Waals surface area contributed by atoms with Crippen LogP contribution in [0, 0.1) is 5.82 Å². The fourth-order valence-corrected chi connectivity index (χ4v) is 4.33. The van der Waals surface area contributed by atoms with Gasteiger partial charge in [0.05, 0.1) is 11.3 Å². The predicted molar refractivity (Wildman–Crippen MR) is 141 cm³/mol. The van der Waals surface area contributed by atoms with E-state index in [1.165, 1.54) is 27.8 Å². The van der Waals surface area contributed by atoms with Gasteiger partial charge in [-0.15, -0.1) is 0 Å². The zero-order valence-electron chi connectivity index (χ0n) is 19.9. The van der Waals surface area contributed by atoms with Gasteiger partial charge < -0.3 is 10.3 Å². The van der Waals surface area contributed by atoms with Crippen LogP contribution >= 0.6 is 0 Å². The summed E-state index contributed by atoms with van der Waals surface area (Å²) in [5.74, 6) is 0.125. The first-order chi connectivity index (χ1) is 17.6. The van der Waals surface area contributed by atoms with E-state index in [4.69, 9.17) is 4.98 Å². The lowest BCUT2D eigenvalue weighted by Crippen LogP contribution is -2.25. The normalized spacial score (nSPS) is 10.9. The quantitative estimate of drug-likeness (QED) is 0.281. The highest BCUT2D eigenvalue weighted by Gasteiger charge is 2.18. The van der Waals surface area contributed by atoms with Crippen molar-refractivity contribution in [3.8, 4) is 33.6 Å². The fourth-order valence-electron chi connectivity index (χ4n) is 4.33. The third kappa shape index (κ3) is 4.81. The second-order valence-corrected chi connectivity index (χ2v) is 8.54. The third-order valence-electron chi connectivity index (χ3n) is 6.19. The molecule has 0 saturated carbocycles. The highest BCUT2D eigenvalue weighted by atomic mass is 19.1. The molecule has 3 aromatic heterocycles. The lowest BCUT2D eigenvalue weighted by Gasteiger charge is -2.16. The molecule has 0 aliphatic rings. The van der Waals surface area contributed by atoms with E-state index in [0.29, 0.717) is 29.3 Å². The molecule has 0 amide bonds. The summed E-state index contributed by atoms with van der Waals surface area (Å²) in [6, 6.07) is 22.0. The SMILES string of the molecule is Cn1c(NCCCc2ccccc2-c2ccc[nH]2)nc(-c2ccncc2)c(-c2ccc(F)cc2)c1=O. The smallest absolute Gasteiger partial charge is 0.263 e. The Kier molecular flexibility index (Phi) is 6.71. The molecule has 0 saturated heterocycles. The van der Waals surface area contributed by atoms with Crippen LogP contribution in [0.2, 0.25) is 0 Å². The Morgan fingerprint density at radius 3 is 2.47 bits per heavy atom. The molecular weight excluding hydrogens is 453 g/mol. The summed E-state index contributed by atoms with van der Waals surface area (Å²) in [6.45, 7) is 0.644. The van der Waals surface area contributed by atoms with Crippen molar-refractivity contribution in [3.05, 3.63) is 113 Å². The third-order valence-corrected chi connectivity index (χ3v) is 6.19. The molecule has 7 heteroatoms. The summed E-state index contributed by atoms with van der Waals surface area (Å²) in [6.07, 6.45) is 6.99. The van der Waals surface area contributed by atoms with Crippen molar-refractivity contribution < 1.29 is 4.39 Å². The minimum Gasteiger partial charge on any atom is -0.361 e. The Morgan fingerprint density at radius 1 is 0.944 bits per heavy atom. The number of hydrogen-bond donors (Lipinski definition) is 2. The van der Waals surface area contributed by atoms with E-state index in [2.05, 4.69) is 39.6 Å². The number of anilines is 1. The minimum atomic E-state index is -0.356. The van der Waals surface area contributed by atoms with Crippen LogP contribution in [-0.4, -0.2) is 26.1 Å². The lowest BCUT2D eigenvalue weighted by molar-refractivity contribution is 0.628. The van der Waals surface area contributed by atoms with Gasteiger partial charge in [0.25, 0.3) is 5.56 Å². The first-order valence-electron chi connectivity index (χ1n) is 11.8. The van der Waals surface area contributed by atoms with Gasteiger partial charge in [0, 0.05) is 49.0 Å².